The van der Waals surface area contributed by atoms with Crippen LogP contribution in [0.4, 0.5) is 0 Å². The summed E-state index contributed by atoms with van der Waals surface area (Å²) in [5.41, 5.74) is 3.57. The summed E-state index contributed by atoms with van der Waals surface area (Å²) in [5.74, 6) is 6.52. The third-order valence-electron chi connectivity index (χ3n) is 3.31. The smallest absolute Gasteiger partial charge is 0.159 e. The SMILES string of the molecule is CC(=O)c1cccc(C#CC2=CN=C3C=CC=CC23)c1. The maximum Gasteiger partial charge on any atom is 0.159 e. The molecular weight excluding hydrogens is 246 g/mol. The third kappa shape index (κ3) is 2.39. The summed E-state index contributed by atoms with van der Waals surface area (Å²) >= 11 is 0. The largest absolute Gasteiger partial charge is 0.295 e. The Kier molecular flexibility index (Phi) is 3.18. The lowest BCUT2D eigenvalue weighted by Gasteiger charge is -2.08. The summed E-state index contributed by atoms with van der Waals surface area (Å²) in [6.07, 6.45) is 9.92. The van der Waals surface area contributed by atoms with Crippen molar-refractivity contribution >= 4 is 11.5 Å². The Morgan fingerprint density at radius 3 is 3.00 bits per heavy atom. The predicted molar refractivity (Wildman–Crippen MR) is 80.6 cm³/mol. The highest BCUT2D eigenvalue weighted by atomic mass is 16.1. The van der Waals surface area contributed by atoms with Crippen molar-refractivity contribution in [3.63, 3.8) is 0 Å². The number of hydrogen-bond donors (Lipinski definition) is 0. The van der Waals surface area contributed by atoms with Crippen LogP contribution in [0.15, 0.2) is 65.3 Å². The molecule has 0 radical (unpaired) electrons. The molecule has 1 aromatic carbocycles. The van der Waals surface area contributed by atoms with Crippen LogP contribution in [0, 0.1) is 17.8 Å². The van der Waals surface area contributed by atoms with E-state index >= 15 is 0 Å². The summed E-state index contributed by atoms with van der Waals surface area (Å²) in [6.45, 7) is 1.56. The lowest BCUT2D eigenvalue weighted by Crippen LogP contribution is -2.09. The van der Waals surface area contributed by atoms with Crippen LogP contribution < -0.4 is 0 Å². The maximum atomic E-state index is 11.4. The molecule has 2 aliphatic rings. The molecule has 0 aromatic heterocycles. The molecule has 20 heavy (non-hydrogen) atoms. The van der Waals surface area contributed by atoms with Gasteiger partial charge in [-0.1, -0.05) is 42.2 Å². The molecule has 0 saturated carbocycles. The van der Waals surface area contributed by atoms with E-state index in [1.807, 2.05) is 42.6 Å². The second-order valence-electron chi connectivity index (χ2n) is 4.75. The van der Waals surface area contributed by atoms with E-state index in [0.29, 0.717) is 5.56 Å². The van der Waals surface area contributed by atoms with Crippen LogP contribution in [0.1, 0.15) is 22.8 Å². The molecular formula is C18H13NO. The van der Waals surface area contributed by atoms with Gasteiger partial charge in [0.2, 0.25) is 0 Å². The zero-order valence-corrected chi connectivity index (χ0v) is 11.1. The number of fused-ring (bicyclic) bond motifs is 1. The van der Waals surface area contributed by atoms with Gasteiger partial charge in [-0.2, -0.15) is 0 Å². The first-order valence-corrected chi connectivity index (χ1v) is 6.50. The molecule has 1 atom stereocenters. The van der Waals surface area contributed by atoms with Crippen LogP contribution in [-0.4, -0.2) is 11.5 Å². The first-order valence-electron chi connectivity index (χ1n) is 6.50. The van der Waals surface area contributed by atoms with E-state index in [0.717, 1.165) is 16.8 Å². The van der Waals surface area contributed by atoms with Crippen molar-refractivity contribution in [2.24, 2.45) is 10.9 Å². The summed E-state index contributed by atoms with van der Waals surface area (Å²) in [4.78, 5) is 15.7. The number of benzene rings is 1. The molecule has 0 saturated heterocycles. The van der Waals surface area contributed by atoms with Gasteiger partial charge >= 0.3 is 0 Å². The number of carbonyl (C=O) groups excluding carboxylic acids is 1. The van der Waals surface area contributed by atoms with Gasteiger partial charge in [-0.05, 0) is 25.1 Å². The minimum atomic E-state index is 0.0553. The van der Waals surface area contributed by atoms with Gasteiger partial charge in [0.05, 0.1) is 11.6 Å². The molecule has 96 valence electrons. The van der Waals surface area contributed by atoms with Crippen LogP contribution in [-0.2, 0) is 0 Å². The Bertz CT molecular complexity index is 751. The van der Waals surface area contributed by atoms with Crippen molar-refractivity contribution in [3.8, 4) is 11.8 Å². The van der Waals surface area contributed by atoms with E-state index < -0.39 is 0 Å². The number of carbonyl (C=O) groups is 1. The van der Waals surface area contributed by atoms with Crippen molar-refractivity contribution in [3.05, 3.63) is 71.5 Å². The van der Waals surface area contributed by atoms with Gasteiger partial charge in [-0.3, -0.25) is 9.79 Å². The Balaban J connectivity index is 1.84. The highest BCUT2D eigenvalue weighted by Crippen LogP contribution is 2.24. The van der Waals surface area contributed by atoms with Gasteiger partial charge in [0.15, 0.2) is 5.78 Å². The molecule has 2 nitrogen and oxygen atoms in total. The molecule has 0 bridgehead atoms. The molecule has 1 unspecified atom stereocenters. The van der Waals surface area contributed by atoms with Crippen LogP contribution in [0.2, 0.25) is 0 Å². The van der Waals surface area contributed by atoms with Crippen LogP contribution in [0.5, 0.6) is 0 Å². The fourth-order valence-electron chi connectivity index (χ4n) is 2.21. The highest BCUT2D eigenvalue weighted by molar-refractivity contribution is 6.04. The zero-order chi connectivity index (χ0) is 13.9. The Hall–Kier alpha value is -2.66. The van der Waals surface area contributed by atoms with Gasteiger partial charge in [0, 0.05) is 22.9 Å². The fraction of sp³-hybridized carbons (Fsp3) is 0.111. The Labute approximate surface area is 118 Å². The molecule has 1 aromatic rings. The van der Waals surface area contributed by atoms with E-state index in [1.165, 1.54) is 0 Å². The molecule has 1 heterocycles. The monoisotopic (exact) mass is 259 g/mol. The van der Waals surface area contributed by atoms with Crippen LogP contribution >= 0.6 is 0 Å². The predicted octanol–water partition coefficient (Wildman–Crippen LogP) is 3.32. The van der Waals surface area contributed by atoms with E-state index in [4.69, 9.17) is 0 Å². The van der Waals surface area contributed by atoms with Crippen LogP contribution in [0.25, 0.3) is 0 Å². The second-order valence-corrected chi connectivity index (χ2v) is 4.75. The first-order chi connectivity index (χ1) is 9.74. The molecule has 2 heteroatoms. The zero-order valence-electron chi connectivity index (χ0n) is 11.1. The first kappa shape index (κ1) is 12.4. The molecule has 0 N–H and O–H groups in total. The van der Waals surface area contributed by atoms with Crippen molar-refractivity contribution in [2.45, 2.75) is 6.92 Å². The van der Waals surface area contributed by atoms with E-state index in [-0.39, 0.29) is 11.7 Å². The topological polar surface area (TPSA) is 29.4 Å². The van der Waals surface area contributed by atoms with Crippen molar-refractivity contribution in [2.75, 3.05) is 0 Å². The summed E-state index contributed by atoms with van der Waals surface area (Å²) < 4.78 is 0. The summed E-state index contributed by atoms with van der Waals surface area (Å²) in [7, 11) is 0. The van der Waals surface area contributed by atoms with Gasteiger partial charge in [-0.15, -0.1) is 0 Å². The summed E-state index contributed by atoms with van der Waals surface area (Å²) in [6, 6.07) is 7.39. The molecule has 0 amide bonds. The number of Topliss-reactive ketones (excluding diaryl/α,β-unsaturated/α-hetero) is 1. The number of rotatable bonds is 1. The number of nitrogens with zero attached hydrogens (tertiary/aromatic N) is 1. The fourth-order valence-corrected chi connectivity index (χ4v) is 2.21. The van der Waals surface area contributed by atoms with E-state index in [2.05, 4.69) is 22.9 Å². The molecule has 0 spiro atoms. The van der Waals surface area contributed by atoms with Gasteiger partial charge in [0.25, 0.3) is 0 Å². The van der Waals surface area contributed by atoms with E-state index in [9.17, 15) is 4.79 Å². The van der Waals surface area contributed by atoms with Crippen molar-refractivity contribution in [1.29, 1.82) is 0 Å². The highest BCUT2D eigenvalue weighted by Gasteiger charge is 2.20. The third-order valence-corrected chi connectivity index (χ3v) is 3.31. The molecule has 1 aliphatic carbocycles. The average Bonchev–Trinajstić information content (AvgIpc) is 2.89. The standard InChI is InChI=1S/C18H13NO/c1-13(20)15-6-4-5-14(11-15)9-10-16-12-19-18-8-3-2-7-17(16)18/h2-8,11-12,17H,1H3. The minimum absolute atomic E-state index is 0.0553. The van der Waals surface area contributed by atoms with Gasteiger partial charge in [-0.25, -0.2) is 0 Å². The quantitative estimate of drug-likeness (QED) is 0.562. The summed E-state index contributed by atoms with van der Waals surface area (Å²) in [5, 5.41) is 0. The average molecular weight is 259 g/mol. The van der Waals surface area contributed by atoms with Crippen LogP contribution in [0.3, 0.4) is 0 Å². The Morgan fingerprint density at radius 1 is 1.25 bits per heavy atom. The van der Waals surface area contributed by atoms with Crippen molar-refractivity contribution < 1.29 is 4.79 Å². The number of ketones is 1. The lowest BCUT2D eigenvalue weighted by atomic mass is 9.93. The lowest BCUT2D eigenvalue weighted by molar-refractivity contribution is 0.101. The van der Waals surface area contributed by atoms with Gasteiger partial charge in [0.1, 0.15) is 0 Å². The minimum Gasteiger partial charge on any atom is -0.295 e. The van der Waals surface area contributed by atoms with Crippen molar-refractivity contribution in [1.82, 2.24) is 0 Å². The molecule has 0 fully saturated rings. The molecule has 1 aliphatic heterocycles. The number of allylic oxidation sites excluding steroid dienone is 5. The second kappa shape index (κ2) is 5.14. The molecule has 3 rings (SSSR count). The normalized spacial score (nSPS) is 18.8. The van der Waals surface area contributed by atoms with Gasteiger partial charge < -0.3 is 0 Å². The van der Waals surface area contributed by atoms with E-state index in [1.54, 1.807) is 13.0 Å². The Morgan fingerprint density at radius 2 is 2.15 bits per heavy atom. The maximum absolute atomic E-state index is 11.4. The number of hydrogen-bond acceptors (Lipinski definition) is 2. The number of aliphatic imine (C=N–C) groups is 1.